The van der Waals surface area contributed by atoms with Crippen LogP contribution in [0.3, 0.4) is 0 Å². The van der Waals surface area contributed by atoms with Gasteiger partial charge in [-0.05, 0) is 42.7 Å². The normalized spacial score (nSPS) is 21.7. The van der Waals surface area contributed by atoms with E-state index < -0.39 is 17.7 Å². The van der Waals surface area contributed by atoms with E-state index in [0.717, 1.165) is 25.7 Å². The summed E-state index contributed by atoms with van der Waals surface area (Å²) in [6.45, 7) is 0. The van der Waals surface area contributed by atoms with Crippen molar-refractivity contribution in [1.29, 1.82) is 0 Å². The second-order valence-electron chi connectivity index (χ2n) is 7.28. The Morgan fingerprint density at radius 1 is 1.24 bits per heavy atom. The maximum absolute atomic E-state index is 13.1. The minimum atomic E-state index is -0.703. The van der Waals surface area contributed by atoms with Crippen LogP contribution in [0.5, 0.6) is 5.75 Å². The van der Waals surface area contributed by atoms with Crippen LogP contribution in [0.2, 0.25) is 5.02 Å². The second kappa shape index (κ2) is 7.87. The number of carbonyl (C=O) groups excluding carboxylic acids is 2. The Labute approximate surface area is 173 Å². The number of ether oxygens (including phenoxy) is 1. The Bertz CT molecular complexity index is 984. The lowest BCUT2D eigenvalue weighted by molar-refractivity contribution is -0.141. The highest BCUT2D eigenvalue weighted by molar-refractivity contribution is 6.46. The van der Waals surface area contributed by atoms with Crippen molar-refractivity contribution in [3.8, 4) is 5.75 Å². The molecule has 2 aromatic rings. The van der Waals surface area contributed by atoms with Gasteiger partial charge in [-0.25, -0.2) is 0 Å². The fourth-order valence-corrected chi connectivity index (χ4v) is 4.46. The van der Waals surface area contributed by atoms with Gasteiger partial charge in [-0.2, -0.15) is 0 Å². The Kier molecular flexibility index (Phi) is 5.28. The first-order valence-electron chi connectivity index (χ1n) is 9.57. The lowest BCUT2D eigenvalue weighted by Crippen LogP contribution is -2.37. The number of benzene rings is 1. The summed E-state index contributed by atoms with van der Waals surface area (Å²) in [6.07, 6.45) is 6.95. The van der Waals surface area contributed by atoms with Crippen LogP contribution in [0.1, 0.15) is 42.9 Å². The van der Waals surface area contributed by atoms with E-state index in [-0.39, 0.29) is 22.9 Å². The standard InChI is InChI=1S/C22H21ClN2O4/c1-29-17-9-8-14(23)11-16(17)20(26)18-19(13-5-4-10-24-12-13)25(22(28)21(18)27)15-6-2-3-7-15/h4-5,8-12,15,19,26H,2-3,6-7H2,1H3/b20-18+. The van der Waals surface area contributed by atoms with Crippen LogP contribution >= 0.6 is 11.6 Å². The molecule has 2 heterocycles. The summed E-state index contributed by atoms with van der Waals surface area (Å²) in [7, 11) is 1.47. The third-order valence-electron chi connectivity index (χ3n) is 5.61. The van der Waals surface area contributed by atoms with E-state index in [4.69, 9.17) is 16.3 Å². The molecular formula is C22H21ClN2O4. The quantitative estimate of drug-likeness (QED) is 0.464. The highest BCUT2D eigenvalue weighted by Crippen LogP contribution is 2.44. The number of methoxy groups -OCH3 is 1. The summed E-state index contributed by atoms with van der Waals surface area (Å²) in [5, 5.41) is 11.5. The lowest BCUT2D eigenvalue weighted by atomic mass is 9.95. The summed E-state index contributed by atoms with van der Waals surface area (Å²) < 4.78 is 5.34. The first-order valence-corrected chi connectivity index (χ1v) is 9.94. The summed E-state index contributed by atoms with van der Waals surface area (Å²) >= 11 is 6.11. The molecule has 6 nitrogen and oxygen atoms in total. The summed E-state index contributed by atoms with van der Waals surface area (Å²) in [4.78, 5) is 31.8. The number of aliphatic hydroxyl groups is 1. The van der Waals surface area contributed by atoms with Gasteiger partial charge in [0.05, 0.1) is 24.3 Å². The molecule has 1 aromatic heterocycles. The molecule has 1 saturated carbocycles. The van der Waals surface area contributed by atoms with Crippen LogP contribution in [-0.4, -0.2) is 39.8 Å². The molecule has 0 spiro atoms. The van der Waals surface area contributed by atoms with Crippen LogP contribution in [-0.2, 0) is 9.59 Å². The van der Waals surface area contributed by atoms with Crippen molar-refractivity contribution < 1.29 is 19.4 Å². The molecule has 1 saturated heterocycles. The van der Waals surface area contributed by atoms with Gasteiger partial charge in [0, 0.05) is 23.5 Å². The number of hydrogen-bond donors (Lipinski definition) is 1. The SMILES string of the molecule is COc1ccc(Cl)cc1/C(O)=C1\C(=O)C(=O)N(C2CCCC2)C1c1cccnc1. The average Bonchev–Trinajstić information content (AvgIpc) is 3.35. The molecule has 1 unspecified atom stereocenters. The summed E-state index contributed by atoms with van der Waals surface area (Å²) in [5.74, 6) is -1.22. The van der Waals surface area contributed by atoms with Crippen molar-refractivity contribution in [2.24, 2.45) is 0 Å². The van der Waals surface area contributed by atoms with E-state index in [1.807, 2.05) is 6.07 Å². The summed E-state index contributed by atoms with van der Waals surface area (Å²) in [6, 6.07) is 7.60. The third kappa shape index (κ3) is 3.38. The van der Waals surface area contributed by atoms with Gasteiger partial charge in [-0.15, -0.1) is 0 Å². The van der Waals surface area contributed by atoms with Gasteiger partial charge in [-0.3, -0.25) is 14.6 Å². The molecule has 1 aromatic carbocycles. The molecule has 2 aliphatic rings. The van der Waals surface area contributed by atoms with Gasteiger partial charge in [0.2, 0.25) is 0 Å². The number of nitrogens with zero attached hydrogens (tertiary/aromatic N) is 2. The Morgan fingerprint density at radius 3 is 2.66 bits per heavy atom. The minimum Gasteiger partial charge on any atom is -0.507 e. The molecule has 1 amide bonds. The highest BCUT2D eigenvalue weighted by atomic mass is 35.5. The van der Waals surface area contributed by atoms with Crippen molar-refractivity contribution in [2.45, 2.75) is 37.8 Å². The molecule has 0 bridgehead atoms. The van der Waals surface area contributed by atoms with Gasteiger partial charge in [0.25, 0.3) is 11.7 Å². The van der Waals surface area contributed by atoms with Crippen LogP contribution in [0.25, 0.3) is 5.76 Å². The van der Waals surface area contributed by atoms with E-state index >= 15 is 0 Å². The van der Waals surface area contributed by atoms with Crippen molar-refractivity contribution in [3.05, 3.63) is 64.4 Å². The smallest absolute Gasteiger partial charge is 0.295 e. The van der Waals surface area contributed by atoms with Crippen molar-refractivity contribution in [2.75, 3.05) is 7.11 Å². The van der Waals surface area contributed by atoms with E-state index in [2.05, 4.69) is 4.98 Å². The molecule has 1 N–H and O–H groups in total. The fraction of sp³-hybridized carbons (Fsp3) is 0.318. The minimum absolute atomic E-state index is 0.0375. The lowest BCUT2D eigenvalue weighted by Gasteiger charge is -2.30. The third-order valence-corrected chi connectivity index (χ3v) is 5.85. The predicted molar refractivity (Wildman–Crippen MR) is 109 cm³/mol. The molecule has 1 aliphatic carbocycles. The number of ketones is 1. The Morgan fingerprint density at radius 2 is 2.00 bits per heavy atom. The Hall–Kier alpha value is -2.86. The van der Waals surface area contributed by atoms with Crippen molar-refractivity contribution >= 4 is 29.1 Å². The molecule has 29 heavy (non-hydrogen) atoms. The topological polar surface area (TPSA) is 79.7 Å². The van der Waals surface area contributed by atoms with Crippen LogP contribution in [0.15, 0.2) is 48.3 Å². The molecule has 0 radical (unpaired) electrons. The zero-order chi connectivity index (χ0) is 20.5. The predicted octanol–water partition coefficient (Wildman–Crippen LogP) is 4.11. The number of Topliss-reactive ketones (excluding diaryl/α,β-unsaturated/α-hetero) is 1. The highest BCUT2D eigenvalue weighted by Gasteiger charge is 2.49. The molecule has 1 atom stereocenters. The number of halogens is 1. The van der Waals surface area contributed by atoms with Gasteiger partial charge in [0.15, 0.2) is 0 Å². The van der Waals surface area contributed by atoms with Crippen LogP contribution < -0.4 is 4.74 Å². The summed E-state index contributed by atoms with van der Waals surface area (Å²) in [5.41, 5.74) is 0.995. The van der Waals surface area contributed by atoms with Crippen LogP contribution in [0.4, 0.5) is 0 Å². The number of hydrogen-bond acceptors (Lipinski definition) is 5. The monoisotopic (exact) mass is 412 g/mol. The number of amides is 1. The average molecular weight is 413 g/mol. The zero-order valence-electron chi connectivity index (χ0n) is 16.0. The van der Waals surface area contributed by atoms with E-state index in [1.54, 1.807) is 35.5 Å². The molecule has 2 fully saturated rings. The molecule has 4 rings (SSSR count). The van der Waals surface area contributed by atoms with Gasteiger partial charge < -0.3 is 14.7 Å². The van der Waals surface area contributed by atoms with Gasteiger partial charge in [0.1, 0.15) is 11.5 Å². The van der Waals surface area contributed by atoms with Gasteiger partial charge >= 0.3 is 0 Å². The molecule has 1 aliphatic heterocycles. The largest absolute Gasteiger partial charge is 0.507 e. The van der Waals surface area contributed by atoms with Crippen molar-refractivity contribution in [3.63, 3.8) is 0 Å². The number of carbonyl (C=O) groups is 2. The number of rotatable bonds is 4. The van der Waals surface area contributed by atoms with E-state index in [0.29, 0.717) is 16.3 Å². The van der Waals surface area contributed by atoms with E-state index in [9.17, 15) is 14.7 Å². The number of aromatic nitrogens is 1. The first kappa shape index (κ1) is 19.5. The molecule has 150 valence electrons. The Balaban J connectivity index is 1.92. The van der Waals surface area contributed by atoms with Crippen LogP contribution in [0, 0.1) is 0 Å². The number of aliphatic hydroxyl groups excluding tert-OH is 1. The molecule has 7 heteroatoms. The zero-order valence-corrected chi connectivity index (χ0v) is 16.7. The fourth-order valence-electron chi connectivity index (χ4n) is 4.28. The van der Waals surface area contributed by atoms with Gasteiger partial charge in [-0.1, -0.05) is 30.5 Å². The first-order chi connectivity index (χ1) is 14.0. The second-order valence-corrected chi connectivity index (χ2v) is 7.71. The molecular weight excluding hydrogens is 392 g/mol. The van der Waals surface area contributed by atoms with Crippen molar-refractivity contribution in [1.82, 2.24) is 9.88 Å². The number of pyridine rings is 1. The number of likely N-dealkylation sites (tertiary alicyclic amines) is 1. The maximum atomic E-state index is 13.1. The maximum Gasteiger partial charge on any atom is 0.295 e. The van der Waals surface area contributed by atoms with E-state index in [1.165, 1.54) is 13.2 Å².